The molecule has 1 saturated heterocycles. The number of nitrogens with zero attached hydrogens (tertiary/aromatic N) is 1. The number of hydrogen-bond acceptors (Lipinski definition) is 2. The van der Waals surface area contributed by atoms with Crippen LogP contribution in [0.5, 0.6) is 0 Å². The Morgan fingerprint density at radius 2 is 1.88 bits per heavy atom. The van der Waals surface area contributed by atoms with Crippen molar-refractivity contribution < 1.29 is 13.2 Å². The van der Waals surface area contributed by atoms with Crippen LogP contribution in [0, 0.1) is 5.92 Å². The Morgan fingerprint density at radius 1 is 1.29 bits per heavy atom. The summed E-state index contributed by atoms with van der Waals surface area (Å²) in [5, 5.41) is 3.21. The Kier molecular flexibility index (Phi) is 7.83. The predicted molar refractivity (Wildman–Crippen MR) is 65.5 cm³/mol. The van der Waals surface area contributed by atoms with E-state index >= 15 is 0 Å². The standard InChI is InChI=1S/C11H19F3N2.ClH/c1-2-7-16(9-11(12,13)14)8-10-3-5-15-6-4-10;/h2,10,15H,1,3-9H2;1H. The summed E-state index contributed by atoms with van der Waals surface area (Å²) < 4.78 is 36.9. The number of alkyl halides is 3. The van der Waals surface area contributed by atoms with Gasteiger partial charge in [-0.25, -0.2) is 0 Å². The van der Waals surface area contributed by atoms with Crippen LogP contribution in [0.4, 0.5) is 13.2 Å². The van der Waals surface area contributed by atoms with Crippen molar-refractivity contribution in [3.8, 4) is 0 Å². The minimum absolute atomic E-state index is 0. The maximum Gasteiger partial charge on any atom is 0.401 e. The molecule has 1 aliphatic heterocycles. The molecule has 0 spiro atoms. The van der Waals surface area contributed by atoms with Crippen LogP contribution >= 0.6 is 12.4 Å². The second kappa shape index (κ2) is 7.95. The van der Waals surface area contributed by atoms with Gasteiger partial charge in [0.1, 0.15) is 0 Å². The van der Waals surface area contributed by atoms with Crippen LogP contribution in [0.15, 0.2) is 12.7 Å². The topological polar surface area (TPSA) is 15.3 Å². The van der Waals surface area contributed by atoms with Crippen LogP contribution in [-0.4, -0.2) is 43.8 Å². The number of halogens is 4. The Bertz CT molecular complexity index is 215. The normalized spacial score (nSPS) is 17.9. The van der Waals surface area contributed by atoms with Crippen molar-refractivity contribution >= 4 is 12.4 Å². The smallest absolute Gasteiger partial charge is 0.317 e. The Balaban J connectivity index is 0.00000256. The van der Waals surface area contributed by atoms with Gasteiger partial charge < -0.3 is 5.32 Å². The maximum absolute atomic E-state index is 12.3. The maximum atomic E-state index is 12.3. The molecule has 102 valence electrons. The lowest BCUT2D eigenvalue weighted by Gasteiger charge is -2.29. The van der Waals surface area contributed by atoms with Crippen molar-refractivity contribution in [2.24, 2.45) is 5.92 Å². The van der Waals surface area contributed by atoms with Gasteiger partial charge in [-0.1, -0.05) is 6.08 Å². The van der Waals surface area contributed by atoms with E-state index in [1.54, 1.807) is 0 Å². The number of piperidine rings is 1. The molecule has 0 aliphatic carbocycles. The highest BCUT2D eigenvalue weighted by Gasteiger charge is 2.31. The Hall–Kier alpha value is -0.260. The molecule has 0 aromatic rings. The number of hydrogen-bond donors (Lipinski definition) is 1. The lowest BCUT2D eigenvalue weighted by molar-refractivity contribution is -0.146. The zero-order valence-corrected chi connectivity index (χ0v) is 10.6. The largest absolute Gasteiger partial charge is 0.401 e. The van der Waals surface area contributed by atoms with Gasteiger partial charge >= 0.3 is 6.18 Å². The van der Waals surface area contributed by atoms with E-state index in [0.717, 1.165) is 25.9 Å². The summed E-state index contributed by atoms with van der Waals surface area (Å²) in [7, 11) is 0. The van der Waals surface area contributed by atoms with Crippen LogP contribution in [-0.2, 0) is 0 Å². The van der Waals surface area contributed by atoms with Crippen molar-refractivity contribution in [3.05, 3.63) is 12.7 Å². The summed E-state index contributed by atoms with van der Waals surface area (Å²) in [4.78, 5) is 1.43. The highest BCUT2D eigenvalue weighted by molar-refractivity contribution is 5.85. The molecular formula is C11H20ClF3N2. The molecule has 17 heavy (non-hydrogen) atoms. The van der Waals surface area contributed by atoms with E-state index < -0.39 is 12.7 Å². The fourth-order valence-electron chi connectivity index (χ4n) is 2.07. The van der Waals surface area contributed by atoms with Crippen molar-refractivity contribution in [2.45, 2.75) is 19.0 Å². The summed E-state index contributed by atoms with van der Waals surface area (Å²) in [6.07, 6.45) is -0.653. The van der Waals surface area contributed by atoms with Gasteiger partial charge in [-0.2, -0.15) is 13.2 Å². The van der Waals surface area contributed by atoms with Gasteiger partial charge in [0.2, 0.25) is 0 Å². The molecule has 1 aliphatic rings. The molecule has 1 N–H and O–H groups in total. The fraction of sp³-hybridized carbons (Fsp3) is 0.818. The molecule has 0 aromatic carbocycles. The van der Waals surface area contributed by atoms with Crippen molar-refractivity contribution in [1.82, 2.24) is 10.2 Å². The molecule has 1 rings (SSSR count). The predicted octanol–water partition coefficient (Wildman–Crippen LogP) is 2.46. The van der Waals surface area contributed by atoms with Crippen molar-refractivity contribution in [2.75, 3.05) is 32.7 Å². The molecule has 0 atom stereocenters. The van der Waals surface area contributed by atoms with E-state index in [1.165, 1.54) is 11.0 Å². The summed E-state index contributed by atoms with van der Waals surface area (Å²) in [5.74, 6) is 0.378. The van der Waals surface area contributed by atoms with E-state index in [1.807, 2.05) is 0 Å². The fourth-order valence-corrected chi connectivity index (χ4v) is 2.07. The molecule has 6 heteroatoms. The monoisotopic (exact) mass is 272 g/mol. The zero-order chi connectivity index (χ0) is 12.0. The number of nitrogens with one attached hydrogen (secondary N) is 1. The van der Waals surface area contributed by atoms with Gasteiger partial charge in [-0.15, -0.1) is 19.0 Å². The molecule has 1 heterocycles. The third-order valence-corrected chi connectivity index (χ3v) is 2.77. The highest BCUT2D eigenvalue weighted by atomic mass is 35.5. The Morgan fingerprint density at radius 3 is 2.35 bits per heavy atom. The average molecular weight is 273 g/mol. The van der Waals surface area contributed by atoms with Crippen LogP contribution in [0.3, 0.4) is 0 Å². The van der Waals surface area contributed by atoms with E-state index in [2.05, 4.69) is 11.9 Å². The van der Waals surface area contributed by atoms with E-state index in [0.29, 0.717) is 19.0 Å². The SMILES string of the molecule is C=CCN(CC1CCNCC1)CC(F)(F)F.Cl. The molecule has 0 aromatic heterocycles. The molecule has 0 saturated carbocycles. The van der Waals surface area contributed by atoms with Crippen LogP contribution in [0.1, 0.15) is 12.8 Å². The zero-order valence-electron chi connectivity index (χ0n) is 9.80. The first-order chi connectivity index (χ1) is 7.51. The molecule has 0 radical (unpaired) electrons. The quantitative estimate of drug-likeness (QED) is 0.774. The first-order valence-corrected chi connectivity index (χ1v) is 5.62. The molecule has 0 amide bonds. The minimum Gasteiger partial charge on any atom is -0.317 e. The second-order valence-electron chi connectivity index (χ2n) is 4.29. The molecule has 1 fully saturated rings. The van der Waals surface area contributed by atoms with Gasteiger partial charge in [0.15, 0.2) is 0 Å². The van der Waals surface area contributed by atoms with E-state index in [9.17, 15) is 13.2 Å². The third-order valence-electron chi connectivity index (χ3n) is 2.77. The van der Waals surface area contributed by atoms with Crippen LogP contribution in [0.2, 0.25) is 0 Å². The molecule has 0 bridgehead atoms. The second-order valence-corrected chi connectivity index (χ2v) is 4.29. The van der Waals surface area contributed by atoms with E-state index in [4.69, 9.17) is 0 Å². The lowest BCUT2D eigenvalue weighted by Crippen LogP contribution is -2.40. The first-order valence-electron chi connectivity index (χ1n) is 5.62. The van der Waals surface area contributed by atoms with E-state index in [-0.39, 0.29) is 12.4 Å². The first kappa shape index (κ1) is 16.7. The Labute approximate surface area is 107 Å². The minimum atomic E-state index is -4.12. The van der Waals surface area contributed by atoms with Crippen molar-refractivity contribution in [3.63, 3.8) is 0 Å². The third kappa shape index (κ3) is 7.63. The summed E-state index contributed by atoms with van der Waals surface area (Å²) >= 11 is 0. The van der Waals surface area contributed by atoms with Crippen LogP contribution in [0.25, 0.3) is 0 Å². The van der Waals surface area contributed by atoms with Crippen molar-refractivity contribution in [1.29, 1.82) is 0 Å². The summed E-state index contributed by atoms with van der Waals surface area (Å²) in [5.41, 5.74) is 0. The number of rotatable bonds is 5. The summed E-state index contributed by atoms with van der Waals surface area (Å²) in [6, 6.07) is 0. The summed E-state index contributed by atoms with van der Waals surface area (Å²) in [6.45, 7) is 5.33. The van der Waals surface area contributed by atoms with Gasteiger partial charge in [0, 0.05) is 13.1 Å². The van der Waals surface area contributed by atoms with Crippen LogP contribution < -0.4 is 5.32 Å². The van der Waals surface area contributed by atoms with Gasteiger partial charge in [0.05, 0.1) is 6.54 Å². The van der Waals surface area contributed by atoms with Gasteiger partial charge in [-0.3, -0.25) is 4.90 Å². The molecule has 2 nitrogen and oxygen atoms in total. The average Bonchev–Trinajstić information content (AvgIpc) is 2.17. The highest BCUT2D eigenvalue weighted by Crippen LogP contribution is 2.19. The molecular weight excluding hydrogens is 253 g/mol. The van der Waals surface area contributed by atoms with Gasteiger partial charge in [0.25, 0.3) is 0 Å². The lowest BCUT2D eigenvalue weighted by atomic mass is 9.97. The van der Waals surface area contributed by atoms with Gasteiger partial charge in [-0.05, 0) is 31.8 Å². The molecule has 0 unspecified atom stereocenters.